The number of carbonyl (C=O) groups excluding carboxylic acids is 3. The van der Waals surface area contributed by atoms with Crippen LogP contribution in [-0.2, 0) is 14.4 Å². The number of ether oxygens (including phenoxy) is 8. The van der Waals surface area contributed by atoms with Crippen LogP contribution in [0.1, 0.15) is 174 Å². The monoisotopic (exact) mass is 1260 g/mol. The van der Waals surface area contributed by atoms with Gasteiger partial charge in [-0.1, -0.05) is 69.0 Å². The fourth-order valence-corrected chi connectivity index (χ4v) is 12.0. The molecule has 90 heavy (non-hydrogen) atoms. The number of carbonyl (C=O) groups is 3. The Morgan fingerprint density at radius 2 is 0.922 bits per heavy atom. The molecule has 0 spiro atoms. The molecule has 2 unspecified atom stereocenters. The predicted molar refractivity (Wildman–Crippen MR) is 349 cm³/mol. The second kappa shape index (κ2) is 38.4. The van der Waals surface area contributed by atoms with Gasteiger partial charge in [0.2, 0.25) is 48.7 Å². The summed E-state index contributed by atoms with van der Waals surface area (Å²) in [6.07, 6.45) is 36.1. The van der Waals surface area contributed by atoms with Gasteiger partial charge in [0, 0.05) is 84.5 Å². The van der Waals surface area contributed by atoms with Crippen molar-refractivity contribution in [3.63, 3.8) is 0 Å². The van der Waals surface area contributed by atoms with Crippen LogP contribution in [0, 0.1) is 6.92 Å². The van der Waals surface area contributed by atoms with E-state index in [0.717, 1.165) is 174 Å². The van der Waals surface area contributed by atoms with Gasteiger partial charge in [-0.15, -0.1) is 0 Å². The van der Waals surface area contributed by atoms with Gasteiger partial charge in [-0.25, -0.2) is 24.9 Å². The first-order valence-corrected chi connectivity index (χ1v) is 31.7. The molecule has 4 aliphatic heterocycles. The first kappa shape index (κ1) is 70.9. The molecular formula is C67H94ClN11O11. The number of allylic oxidation sites excluding steroid dienone is 2. The number of halogens is 1. The van der Waals surface area contributed by atoms with Crippen molar-refractivity contribution < 1.29 is 52.3 Å². The smallest absolute Gasteiger partial charge is 0.222 e. The third kappa shape index (κ3) is 20.7. The highest BCUT2D eigenvalue weighted by Crippen LogP contribution is 2.41. The van der Waals surface area contributed by atoms with Crippen molar-refractivity contribution in [1.29, 1.82) is 0 Å². The van der Waals surface area contributed by atoms with Gasteiger partial charge in [0.15, 0.2) is 0 Å². The largest absolute Gasteiger partial charge is 0.495 e. The van der Waals surface area contributed by atoms with Crippen molar-refractivity contribution in [2.45, 2.75) is 153 Å². The number of anilines is 2. The minimum absolute atomic E-state index is 0.0480. The summed E-state index contributed by atoms with van der Waals surface area (Å²) in [6, 6.07) is 9.82. The van der Waals surface area contributed by atoms with E-state index in [4.69, 9.17) is 55.2 Å². The second-order valence-corrected chi connectivity index (χ2v) is 22.6. The van der Waals surface area contributed by atoms with Crippen LogP contribution in [0.5, 0.6) is 46.5 Å². The Kier molecular flexibility index (Phi) is 30.3. The molecule has 2 N–H and O–H groups in total. The maximum atomic E-state index is 11.3. The van der Waals surface area contributed by atoms with Crippen molar-refractivity contribution >= 4 is 48.3 Å². The fraction of sp³-hybridized carbons (Fsp3) is 0.537. The molecule has 0 aromatic carbocycles. The molecule has 23 heteroatoms. The molecule has 2 atom stereocenters. The van der Waals surface area contributed by atoms with E-state index >= 15 is 0 Å². The molecule has 1 saturated carbocycles. The number of pyridine rings is 4. The SMILES string of the molecule is COc1cc(C2=CCCCCN2C=O)c(OC)cn1.COc1cc(C2CCCCCC2)c(OC)cn1.COc1cc(C2CCCCCN2C=O)c(OC)cn1.COc1cc(C2CCCCCN2c2cc(C)nc(N)n2)c(OC)cn1.O=CN1CCCCC=C1Cl. The molecule has 5 aromatic rings. The average molecular weight is 1270 g/mol. The van der Waals surface area contributed by atoms with Crippen molar-refractivity contribution in [2.75, 3.05) is 93.7 Å². The number of likely N-dealkylation sites (tertiary alicyclic amines) is 1. The maximum Gasteiger partial charge on any atom is 0.222 e. The molecule has 5 aliphatic rings. The number of hydrogen-bond acceptors (Lipinski definition) is 19. The lowest BCUT2D eigenvalue weighted by Crippen LogP contribution is -2.30. The molecule has 22 nitrogen and oxygen atoms in total. The first-order chi connectivity index (χ1) is 43.9. The van der Waals surface area contributed by atoms with Crippen LogP contribution in [0.15, 0.2) is 72.4 Å². The lowest BCUT2D eigenvalue weighted by molar-refractivity contribution is -0.120. The quantitative estimate of drug-likeness (QED) is 0.0548. The Hall–Kier alpha value is -8.14. The summed E-state index contributed by atoms with van der Waals surface area (Å²) in [6.45, 7) is 5.13. The Morgan fingerprint density at radius 3 is 1.46 bits per heavy atom. The Balaban J connectivity index is 0.000000183. The van der Waals surface area contributed by atoms with Gasteiger partial charge >= 0.3 is 0 Å². The van der Waals surface area contributed by atoms with E-state index in [-0.39, 0.29) is 12.1 Å². The lowest BCUT2D eigenvalue weighted by Gasteiger charge is -2.32. The van der Waals surface area contributed by atoms with Gasteiger partial charge in [-0.05, 0) is 96.0 Å². The van der Waals surface area contributed by atoms with Gasteiger partial charge in [-0.2, -0.15) is 4.98 Å². The van der Waals surface area contributed by atoms with Crippen LogP contribution in [0.4, 0.5) is 11.8 Å². The standard InChI is InChI=1S/C18H25N5O2.C14H20N2O3.C14H18N2O3.C14H21NO2.C7H10ClNO/c1-12-9-16(22-18(19)21-12)23-8-6-4-5-7-14(23)13-10-17(25-3)20-11-15(13)24-2;2*1-18-13-9-15-14(19-2)8-11(13)12-6-4-3-5-7-16(12)10-17;1-16-13-10-15-14(17-2)9-12(13)11-7-5-3-4-6-8-11;8-7-4-2-1-3-5-9(7)6-10/h9-11,14H,4-8H2,1-3H3,(H2,19,21,22);8-10,12H,3-7H2,1-2H3;6,8-10H,3-5,7H2,1-2H3;9-11H,3-8H2,1-2H3;4,6H,1-3,5H2. The fourth-order valence-electron chi connectivity index (χ4n) is 11.8. The lowest BCUT2D eigenvalue weighted by atomic mass is 9.92. The van der Waals surface area contributed by atoms with Gasteiger partial charge in [0.25, 0.3) is 0 Å². The number of aromatic nitrogens is 6. The van der Waals surface area contributed by atoms with E-state index in [1.165, 1.54) is 55.4 Å². The van der Waals surface area contributed by atoms with E-state index in [1.807, 2.05) is 42.2 Å². The molecule has 10 rings (SSSR count). The summed E-state index contributed by atoms with van der Waals surface area (Å²) in [5, 5.41) is 0.576. The zero-order chi connectivity index (χ0) is 64.6. The van der Waals surface area contributed by atoms with Crippen LogP contribution in [0.25, 0.3) is 5.70 Å². The van der Waals surface area contributed by atoms with E-state index in [9.17, 15) is 14.4 Å². The number of rotatable bonds is 16. The van der Waals surface area contributed by atoms with Crippen LogP contribution in [0.2, 0.25) is 0 Å². The second-order valence-electron chi connectivity index (χ2n) is 22.2. The molecule has 3 amide bonds. The molecule has 0 bridgehead atoms. The van der Waals surface area contributed by atoms with Gasteiger partial charge < -0.3 is 63.2 Å². The number of nitrogen functional groups attached to an aromatic ring is 1. The number of hydrogen-bond donors (Lipinski definition) is 1. The summed E-state index contributed by atoms with van der Waals surface area (Å²) in [7, 11) is 13.0. The van der Waals surface area contributed by atoms with Crippen LogP contribution in [0.3, 0.4) is 0 Å². The molecular weight excluding hydrogens is 1170 g/mol. The minimum atomic E-state index is 0.0480. The summed E-state index contributed by atoms with van der Waals surface area (Å²) < 4.78 is 42.5. The van der Waals surface area contributed by atoms with Crippen LogP contribution in [-0.4, -0.2) is 147 Å². The molecule has 1 aliphatic carbocycles. The Morgan fingerprint density at radius 1 is 0.467 bits per heavy atom. The number of nitrogens with two attached hydrogens (primary N) is 1. The van der Waals surface area contributed by atoms with Crippen LogP contribution >= 0.6 is 11.6 Å². The van der Waals surface area contributed by atoms with E-state index < -0.39 is 0 Å². The molecule has 0 radical (unpaired) electrons. The van der Waals surface area contributed by atoms with Gasteiger partial charge in [0.1, 0.15) is 34.0 Å². The summed E-state index contributed by atoms with van der Waals surface area (Å²) in [5.74, 6) is 7.09. The highest BCUT2D eigenvalue weighted by Gasteiger charge is 2.29. The third-order valence-electron chi connectivity index (χ3n) is 16.5. The number of amides is 3. The molecule has 490 valence electrons. The topological polar surface area (TPSA) is 241 Å². The normalized spacial score (nSPS) is 17.9. The highest BCUT2D eigenvalue weighted by atomic mass is 35.5. The number of methoxy groups -OCH3 is 8. The van der Waals surface area contributed by atoms with Crippen molar-refractivity contribution in [2.24, 2.45) is 0 Å². The molecule has 3 fully saturated rings. The molecule has 9 heterocycles. The Labute approximate surface area is 536 Å². The van der Waals surface area contributed by atoms with E-state index in [2.05, 4.69) is 40.9 Å². The van der Waals surface area contributed by atoms with Crippen molar-refractivity contribution in [3.05, 3.63) is 100 Å². The molecule has 5 aromatic heterocycles. The highest BCUT2D eigenvalue weighted by molar-refractivity contribution is 6.29. The number of aryl methyl sites for hydroxylation is 1. The molecule has 2 saturated heterocycles. The van der Waals surface area contributed by atoms with E-state index in [1.54, 1.807) is 92.6 Å². The third-order valence-corrected chi connectivity index (χ3v) is 16.9. The van der Waals surface area contributed by atoms with Crippen LogP contribution < -0.4 is 48.5 Å². The first-order valence-electron chi connectivity index (χ1n) is 31.3. The maximum absolute atomic E-state index is 11.3. The van der Waals surface area contributed by atoms with Gasteiger partial charge in [0.05, 0.1) is 99.4 Å². The van der Waals surface area contributed by atoms with Gasteiger partial charge in [-0.3, -0.25) is 14.4 Å². The number of nitrogens with zero attached hydrogens (tertiary/aromatic N) is 10. The minimum Gasteiger partial charge on any atom is -0.495 e. The predicted octanol–water partition coefficient (Wildman–Crippen LogP) is 12.4. The summed E-state index contributed by atoms with van der Waals surface area (Å²) in [4.78, 5) is 65.7. The zero-order valence-electron chi connectivity index (χ0n) is 54.2. The summed E-state index contributed by atoms with van der Waals surface area (Å²) in [5.41, 5.74) is 11.8. The Bertz CT molecular complexity index is 3060. The summed E-state index contributed by atoms with van der Waals surface area (Å²) >= 11 is 5.74. The van der Waals surface area contributed by atoms with Crippen molar-refractivity contribution in [1.82, 2.24) is 44.6 Å². The average Bonchev–Trinajstić information content (AvgIpc) is 1.94. The van der Waals surface area contributed by atoms with Crippen molar-refractivity contribution in [3.8, 4) is 46.5 Å². The zero-order valence-corrected chi connectivity index (χ0v) is 55.0. The van der Waals surface area contributed by atoms with E-state index in [0.29, 0.717) is 52.0 Å².